The second kappa shape index (κ2) is 9.73. The van der Waals surface area contributed by atoms with Gasteiger partial charge in [-0.1, -0.05) is 17.7 Å². The first-order valence-electron chi connectivity index (χ1n) is 9.29. The number of benzene rings is 2. The number of hydrogen-bond acceptors (Lipinski definition) is 6. The maximum absolute atomic E-state index is 13.7. The van der Waals surface area contributed by atoms with Gasteiger partial charge in [0.2, 0.25) is 10.0 Å². The fourth-order valence-corrected chi connectivity index (χ4v) is 4.51. The van der Waals surface area contributed by atoms with E-state index in [9.17, 15) is 22.4 Å². The van der Waals surface area contributed by atoms with Crippen molar-refractivity contribution in [3.05, 3.63) is 58.4 Å². The van der Waals surface area contributed by atoms with E-state index in [1.165, 1.54) is 34.6 Å². The summed E-state index contributed by atoms with van der Waals surface area (Å²) in [6.07, 6.45) is 0. The largest absolute Gasteiger partial charge is 0.452 e. The molecule has 0 unspecified atom stereocenters. The monoisotopic (exact) mass is 470 g/mol. The minimum Gasteiger partial charge on any atom is -0.452 e. The van der Waals surface area contributed by atoms with Crippen LogP contribution in [0.15, 0.2) is 41.3 Å². The van der Waals surface area contributed by atoms with Crippen LogP contribution in [0.5, 0.6) is 0 Å². The van der Waals surface area contributed by atoms with Crippen molar-refractivity contribution in [1.29, 1.82) is 0 Å². The third kappa shape index (κ3) is 5.59. The number of nitrogens with zero attached hydrogens (tertiary/aromatic N) is 1. The average Bonchev–Trinajstić information content (AvgIpc) is 2.75. The molecule has 0 radical (unpaired) electrons. The van der Waals surface area contributed by atoms with Crippen molar-refractivity contribution >= 4 is 39.2 Å². The molecule has 0 aromatic heterocycles. The molecule has 0 aliphatic carbocycles. The molecule has 3 rings (SSSR count). The Hall–Kier alpha value is -2.53. The SMILES string of the molecule is Cc1ccc(S(=O)(=O)N2CCOCC2)cc1C(=O)OCC(=O)Nc1cc(Cl)ccc1F. The second-order valence-corrected chi connectivity index (χ2v) is 9.12. The number of amides is 1. The molecule has 1 aliphatic rings. The average molecular weight is 471 g/mol. The molecular formula is C20H20ClFN2O6S. The maximum atomic E-state index is 13.7. The fourth-order valence-electron chi connectivity index (χ4n) is 2.91. The topological polar surface area (TPSA) is 102 Å². The van der Waals surface area contributed by atoms with Gasteiger partial charge in [0.25, 0.3) is 5.91 Å². The van der Waals surface area contributed by atoms with Crippen molar-refractivity contribution in [2.24, 2.45) is 0 Å². The summed E-state index contributed by atoms with van der Waals surface area (Å²) in [7, 11) is -3.80. The summed E-state index contributed by atoms with van der Waals surface area (Å²) in [5, 5.41) is 2.49. The van der Waals surface area contributed by atoms with E-state index in [2.05, 4.69) is 5.32 Å². The molecule has 0 atom stereocenters. The molecular weight excluding hydrogens is 451 g/mol. The first-order chi connectivity index (χ1) is 14.7. The lowest BCUT2D eigenvalue weighted by molar-refractivity contribution is -0.119. The standard InChI is InChI=1S/C20H20ClFN2O6S/c1-13-2-4-15(31(27,28)24-6-8-29-9-7-24)11-16(13)20(26)30-12-19(25)23-18-10-14(21)3-5-17(18)22/h2-5,10-11H,6-9,12H2,1H3,(H,23,25). The summed E-state index contributed by atoms with van der Waals surface area (Å²) >= 11 is 5.77. The van der Waals surface area contributed by atoms with E-state index in [1.807, 2.05) is 0 Å². The normalized spacial score (nSPS) is 14.8. The molecule has 0 saturated carbocycles. The summed E-state index contributed by atoms with van der Waals surface area (Å²) < 4.78 is 50.8. The number of rotatable bonds is 6. The summed E-state index contributed by atoms with van der Waals surface area (Å²) in [6.45, 7) is 1.95. The number of hydrogen-bond donors (Lipinski definition) is 1. The Morgan fingerprint density at radius 1 is 1.19 bits per heavy atom. The summed E-state index contributed by atoms with van der Waals surface area (Å²) in [5.74, 6) is -2.34. The summed E-state index contributed by atoms with van der Waals surface area (Å²) in [4.78, 5) is 24.4. The van der Waals surface area contributed by atoms with Crippen LogP contribution in [0.4, 0.5) is 10.1 Å². The van der Waals surface area contributed by atoms with Crippen molar-refractivity contribution in [3.8, 4) is 0 Å². The highest BCUT2D eigenvalue weighted by Crippen LogP contribution is 2.22. The van der Waals surface area contributed by atoms with Gasteiger partial charge in [-0.15, -0.1) is 0 Å². The van der Waals surface area contributed by atoms with E-state index >= 15 is 0 Å². The smallest absolute Gasteiger partial charge is 0.338 e. The van der Waals surface area contributed by atoms with E-state index in [0.717, 1.165) is 6.07 Å². The van der Waals surface area contributed by atoms with Crippen LogP contribution in [-0.2, 0) is 24.3 Å². The van der Waals surface area contributed by atoms with Crippen LogP contribution in [0, 0.1) is 12.7 Å². The van der Waals surface area contributed by atoms with E-state index in [4.69, 9.17) is 21.1 Å². The van der Waals surface area contributed by atoms with Gasteiger partial charge in [0, 0.05) is 18.1 Å². The van der Waals surface area contributed by atoms with E-state index in [0.29, 0.717) is 18.8 Å². The number of halogens is 2. The first kappa shape index (κ1) is 23.1. The van der Waals surface area contributed by atoms with Crippen LogP contribution in [0.25, 0.3) is 0 Å². The number of carbonyl (C=O) groups excluding carboxylic acids is 2. The van der Waals surface area contributed by atoms with Crippen LogP contribution in [0.2, 0.25) is 5.02 Å². The van der Waals surface area contributed by atoms with Gasteiger partial charge in [-0.2, -0.15) is 4.31 Å². The quantitative estimate of drug-likeness (QED) is 0.651. The molecule has 1 N–H and O–H groups in total. The molecule has 31 heavy (non-hydrogen) atoms. The maximum Gasteiger partial charge on any atom is 0.338 e. The van der Waals surface area contributed by atoms with Crippen molar-refractivity contribution in [2.75, 3.05) is 38.2 Å². The van der Waals surface area contributed by atoms with Gasteiger partial charge in [-0.05, 0) is 42.8 Å². The zero-order valence-electron chi connectivity index (χ0n) is 16.6. The van der Waals surface area contributed by atoms with Gasteiger partial charge < -0.3 is 14.8 Å². The van der Waals surface area contributed by atoms with E-state index < -0.39 is 34.3 Å². The number of sulfonamides is 1. The Bertz CT molecular complexity index is 1100. The molecule has 1 amide bonds. The Balaban J connectivity index is 1.69. The van der Waals surface area contributed by atoms with Gasteiger partial charge >= 0.3 is 5.97 Å². The highest BCUT2D eigenvalue weighted by molar-refractivity contribution is 7.89. The number of esters is 1. The van der Waals surface area contributed by atoms with Gasteiger partial charge in [0.15, 0.2) is 6.61 Å². The molecule has 2 aromatic carbocycles. The molecule has 8 nitrogen and oxygen atoms in total. The molecule has 1 heterocycles. The molecule has 2 aromatic rings. The van der Waals surface area contributed by atoms with Crippen molar-refractivity contribution < 1.29 is 31.9 Å². The summed E-state index contributed by atoms with van der Waals surface area (Å²) in [5.41, 5.74) is 0.339. The lowest BCUT2D eigenvalue weighted by Gasteiger charge is -2.26. The van der Waals surface area contributed by atoms with Gasteiger partial charge in [0.05, 0.1) is 29.4 Å². The lowest BCUT2D eigenvalue weighted by atomic mass is 10.1. The minimum atomic E-state index is -3.80. The van der Waals surface area contributed by atoms with Crippen LogP contribution in [-0.4, -0.2) is 57.5 Å². The predicted molar refractivity (Wildman–Crippen MR) is 111 cm³/mol. The van der Waals surface area contributed by atoms with E-state index in [-0.39, 0.29) is 34.3 Å². The van der Waals surface area contributed by atoms with E-state index in [1.54, 1.807) is 6.92 Å². The van der Waals surface area contributed by atoms with Crippen molar-refractivity contribution in [1.82, 2.24) is 4.31 Å². The zero-order chi connectivity index (χ0) is 22.6. The third-order valence-electron chi connectivity index (χ3n) is 4.57. The Kier molecular flexibility index (Phi) is 7.26. The van der Waals surface area contributed by atoms with Crippen LogP contribution in [0.1, 0.15) is 15.9 Å². The highest BCUT2D eigenvalue weighted by atomic mass is 35.5. The number of ether oxygens (including phenoxy) is 2. The molecule has 1 fully saturated rings. The van der Waals surface area contributed by atoms with Crippen LogP contribution in [0.3, 0.4) is 0 Å². The van der Waals surface area contributed by atoms with Gasteiger partial charge in [-0.25, -0.2) is 17.6 Å². The zero-order valence-corrected chi connectivity index (χ0v) is 18.1. The Morgan fingerprint density at radius 3 is 2.61 bits per heavy atom. The number of morpholine rings is 1. The number of aryl methyl sites for hydroxylation is 1. The molecule has 0 spiro atoms. The van der Waals surface area contributed by atoms with Crippen LogP contribution < -0.4 is 5.32 Å². The lowest BCUT2D eigenvalue weighted by Crippen LogP contribution is -2.40. The van der Waals surface area contributed by atoms with Crippen molar-refractivity contribution in [3.63, 3.8) is 0 Å². The Labute approximate surface area is 183 Å². The number of nitrogens with one attached hydrogen (secondary N) is 1. The van der Waals surface area contributed by atoms with Crippen LogP contribution >= 0.6 is 11.6 Å². The third-order valence-corrected chi connectivity index (χ3v) is 6.70. The molecule has 166 valence electrons. The Morgan fingerprint density at radius 2 is 1.90 bits per heavy atom. The molecule has 0 bridgehead atoms. The molecule has 1 aliphatic heterocycles. The predicted octanol–water partition coefficient (Wildman–Crippen LogP) is 2.60. The van der Waals surface area contributed by atoms with Crippen molar-refractivity contribution in [2.45, 2.75) is 11.8 Å². The number of anilines is 1. The fraction of sp³-hybridized carbons (Fsp3) is 0.300. The second-order valence-electron chi connectivity index (χ2n) is 6.74. The molecule has 1 saturated heterocycles. The van der Waals surface area contributed by atoms with Gasteiger partial charge in [0.1, 0.15) is 5.82 Å². The highest BCUT2D eigenvalue weighted by Gasteiger charge is 2.27. The number of carbonyl (C=O) groups is 2. The summed E-state index contributed by atoms with van der Waals surface area (Å²) in [6, 6.07) is 7.76. The van der Waals surface area contributed by atoms with Gasteiger partial charge in [-0.3, -0.25) is 4.79 Å². The minimum absolute atomic E-state index is 0.0103. The molecule has 11 heteroatoms. The first-order valence-corrected chi connectivity index (χ1v) is 11.1.